The fourth-order valence-corrected chi connectivity index (χ4v) is 4.32. The average molecular weight is 461 g/mol. The minimum absolute atomic E-state index is 0.0890. The fourth-order valence-electron chi connectivity index (χ4n) is 4.32. The second-order valence-corrected chi connectivity index (χ2v) is 9.55. The summed E-state index contributed by atoms with van der Waals surface area (Å²) in [5, 5.41) is 12.3. The molecule has 0 bridgehead atoms. The van der Waals surface area contributed by atoms with E-state index in [1.54, 1.807) is 25.7 Å². The van der Waals surface area contributed by atoms with Crippen LogP contribution >= 0.6 is 0 Å². The lowest BCUT2D eigenvalue weighted by atomic mass is 10.0. The Bertz CT molecular complexity index is 1180. The summed E-state index contributed by atoms with van der Waals surface area (Å²) < 4.78 is 27.3. The second-order valence-electron chi connectivity index (χ2n) is 9.55. The summed E-state index contributed by atoms with van der Waals surface area (Å²) in [7, 11) is 1.40. The number of hydrogen-bond acceptors (Lipinski definition) is 6. The lowest BCUT2D eigenvalue weighted by Crippen LogP contribution is -2.40. The summed E-state index contributed by atoms with van der Waals surface area (Å²) in [5.74, 6) is -1.78. The zero-order chi connectivity index (χ0) is 24.1. The van der Waals surface area contributed by atoms with Gasteiger partial charge in [-0.15, -0.1) is 0 Å². The van der Waals surface area contributed by atoms with Gasteiger partial charge < -0.3 is 24.8 Å². The molecule has 1 saturated heterocycles. The number of rotatable bonds is 5. The van der Waals surface area contributed by atoms with Gasteiger partial charge in [-0.2, -0.15) is 0 Å². The normalized spacial score (nSPS) is 18.5. The number of carboxylic acid groups (broad SMARTS) is 1. The van der Waals surface area contributed by atoms with Crippen LogP contribution in [0.15, 0.2) is 17.1 Å². The molecule has 1 unspecified atom stereocenters. The number of aromatic carboxylic acids is 1. The molecule has 1 saturated carbocycles. The van der Waals surface area contributed by atoms with E-state index >= 15 is 4.39 Å². The van der Waals surface area contributed by atoms with Gasteiger partial charge in [0.1, 0.15) is 16.9 Å². The zero-order valence-corrected chi connectivity index (χ0v) is 19.1. The topological polar surface area (TPSA) is 110 Å². The monoisotopic (exact) mass is 461 g/mol. The summed E-state index contributed by atoms with van der Waals surface area (Å²) in [6.45, 7) is 6.12. The molecule has 3 heterocycles. The number of amides is 1. The van der Waals surface area contributed by atoms with E-state index in [0.717, 1.165) is 23.4 Å². The summed E-state index contributed by atoms with van der Waals surface area (Å²) in [4.78, 5) is 38.3. The number of carboxylic acids is 1. The summed E-state index contributed by atoms with van der Waals surface area (Å²) in [6, 6.07) is 1.14. The molecule has 2 fully saturated rings. The molecule has 2 N–H and O–H groups in total. The molecule has 1 aliphatic heterocycles. The quantitative estimate of drug-likeness (QED) is 0.704. The Hall–Kier alpha value is -3.30. The molecule has 2 aliphatic rings. The Morgan fingerprint density at radius 1 is 1.24 bits per heavy atom. The molecule has 0 radical (unpaired) electrons. The molecule has 9 nitrogen and oxygen atoms in total. The van der Waals surface area contributed by atoms with Crippen molar-refractivity contribution in [1.82, 2.24) is 9.72 Å². The summed E-state index contributed by atoms with van der Waals surface area (Å²) >= 11 is 0. The van der Waals surface area contributed by atoms with E-state index in [1.165, 1.54) is 13.2 Å². The van der Waals surface area contributed by atoms with Crippen LogP contribution in [0.25, 0.3) is 5.52 Å². The highest BCUT2D eigenvalue weighted by molar-refractivity contribution is 5.89. The fraction of sp³-hybridized carbons (Fsp3) is 0.522. The van der Waals surface area contributed by atoms with Crippen molar-refractivity contribution in [3.63, 3.8) is 0 Å². The van der Waals surface area contributed by atoms with Gasteiger partial charge in [0.25, 0.3) is 5.56 Å². The highest BCUT2D eigenvalue weighted by Crippen LogP contribution is 2.46. The number of carbonyl (C=O) groups excluding carboxylic acids is 1. The van der Waals surface area contributed by atoms with Crippen LogP contribution < -0.4 is 20.5 Å². The minimum Gasteiger partial charge on any atom is -0.492 e. The molecule has 178 valence electrons. The Morgan fingerprint density at radius 3 is 2.52 bits per heavy atom. The number of anilines is 1. The van der Waals surface area contributed by atoms with Gasteiger partial charge in [-0.25, -0.2) is 14.0 Å². The maximum absolute atomic E-state index is 15.4. The van der Waals surface area contributed by atoms with Crippen LogP contribution in [0.5, 0.6) is 5.75 Å². The van der Waals surface area contributed by atoms with Gasteiger partial charge in [0.05, 0.1) is 24.9 Å². The summed E-state index contributed by atoms with van der Waals surface area (Å²) in [5.41, 5.74) is -0.599. The van der Waals surface area contributed by atoms with Gasteiger partial charge in [-0.05, 0) is 57.6 Å². The number of carbonyl (C=O) groups is 2. The maximum atomic E-state index is 15.4. The number of nitrogens with one attached hydrogen (secondary N) is 1. The Morgan fingerprint density at radius 2 is 1.94 bits per heavy atom. The van der Waals surface area contributed by atoms with E-state index in [9.17, 15) is 19.5 Å². The molecule has 2 aromatic heterocycles. The van der Waals surface area contributed by atoms with Crippen molar-refractivity contribution in [3.05, 3.63) is 39.6 Å². The first-order valence-corrected chi connectivity index (χ1v) is 10.9. The number of fused-ring (bicyclic) bond motifs is 1. The van der Waals surface area contributed by atoms with Crippen LogP contribution in [0.4, 0.5) is 14.9 Å². The van der Waals surface area contributed by atoms with Crippen molar-refractivity contribution < 1.29 is 28.6 Å². The largest absolute Gasteiger partial charge is 0.492 e. The highest BCUT2D eigenvalue weighted by atomic mass is 19.1. The maximum Gasteiger partial charge on any atom is 0.407 e. The molecule has 10 heteroatoms. The second kappa shape index (κ2) is 8.24. The predicted molar refractivity (Wildman–Crippen MR) is 119 cm³/mol. The SMILES string of the molecule is COc1c(N2CCC(NC(=O)OC(C)(C)C)C2)c(F)cn2c(=O)c(C(=O)O)cc(C3CC3)c12. The number of methoxy groups -OCH3 is 1. The first-order valence-electron chi connectivity index (χ1n) is 10.9. The van der Waals surface area contributed by atoms with E-state index in [-0.39, 0.29) is 23.4 Å². The van der Waals surface area contributed by atoms with Crippen LogP contribution in [0, 0.1) is 5.82 Å². The number of pyridine rings is 2. The predicted octanol–water partition coefficient (Wildman–Crippen LogP) is 3.13. The number of halogens is 1. The highest BCUT2D eigenvalue weighted by Gasteiger charge is 2.34. The Balaban J connectivity index is 1.74. The third kappa shape index (κ3) is 4.46. The third-order valence-corrected chi connectivity index (χ3v) is 5.84. The number of hydrogen-bond donors (Lipinski definition) is 2. The molecule has 1 aliphatic carbocycles. The first-order chi connectivity index (χ1) is 15.5. The Labute approximate surface area is 190 Å². The number of nitrogens with zero attached hydrogens (tertiary/aromatic N) is 2. The zero-order valence-electron chi connectivity index (χ0n) is 19.1. The lowest BCUT2D eigenvalue weighted by Gasteiger charge is -2.25. The molecule has 1 amide bonds. The number of aromatic nitrogens is 1. The number of alkyl carbamates (subject to hydrolysis) is 1. The van der Waals surface area contributed by atoms with Crippen molar-refractivity contribution in [1.29, 1.82) is 0 Å². The van der Waals surface area contributed by atoms with Crippen molar-refractivity contribution in [3.8, 4) is 5.75 Å². The van der Waals surface area contributed by atoms with Gasteiger partial charge >= 0.3 is 12.1 Å². The van der Waals surface area contributed by atoms with Gasteiger partial charge in [0.2, 0.25) is 0 Å². The van der Waals surface area contributed by atoms with Gasteiger partial charge in [-0.3, -0.25) is 9.20 Å². The number of ether oxygens (including phenoxy) is 2. The minimum atomic E-state index is -1.35. The standard InChI is InChI=1S/C23H28FN3O6/c1-23(2,3)33-22(31)25-13-7-8-26(10-13)18-16(24)11-27-17(19(18)32-4)14(12-5-6-12)9-15(20(27)28)21(29)30/h9,11-13H,5-8,10H2,1-4H3,(H,25,31)(H,29,30). The molecular formula is C23H28FN3O6. The Kier molecular flexibility index (Phi) is 5.71. The third-order valence-electron chi connectivity index (χ3n) is 5.84. The van der Waals surface area contributed by atoms with Crippen molar-refractivity contribution in [2.75, 3.05) is 25.1 Å². The lowest BCUT2D eigenvalue weighted by molar-refractivity contribution is 0.0508. The van der Waals surface area contributed by atoms with E-state index in [2.05, 4.69) is 5.32 Å². The van der Waals surface area contributed by atoms with E-state index in [4.69, 9.17) is 9.47 Å². The van der Waals surface area contributed by atoms with Crippen molar-refractivity contribution in [2.24, 2.45) is 0 Å². The van der Waals surface area contributed by atoms with E-state index in [0.29, 0.717) is 30.6 Å². The van der Waals surface area contributed by atoms with Crippen LogP contribution in [0.1, 0.15) is 61.9 Å². The van der Waals surface area contributed by atoms with E-state index in [1.807, 2.05) is 0 Å². The molecule has 33 heavy (non-hydrogen) atoms. The van der Waals surface area contributed by atoms with Crippen molar-refractivity contribution in [2.45, 2.75) is 57.6 Å². The van der Waals surface area contributed by atoms with Gasteiger partial charge in [-0.1, -0.05) is 0 Å². The summed E-state index contributed by atoms with van der Waals surface area (Å²) in [6.07, 6.45) is 2.78. The molecule has 1 atom stereocenters. The molecule has 4 rings (SSSR count). The van der Waals surface area contributed by atoms with Crippen LogP contribution in [0.3, 0.4) is 0 Å². The van der Waals surface area contributed by atoms with Crippen LogP contribution in [0.2, 0.25) is 0 Å². The molecule has 0 aromatic carbocycles. The first kappa shape index (κ1) is 22.9. The smallest absolute Gasteiger partial charge is 0.407 e. The van der Waals surface area contributed by atoms with Gasteiger partial charge in [0.15, 0.2) is 11.6 Å². The van der Waals surface area contributed by atoms with Crippen molar-refractivity contribution >= 4 is 23.3 Å². The van der Waals surface area contributed by atoms with E-state index < -0.39 is 34.6 Å². The molecule has 2 aromatic rings. The van der Waals surface area contributed by atoms with Crippen LogP contribution in [-0.4, -0.2) is 53.4 Å². The van der Waals surface area contributed by atoms with Gasteiger partial charge in [0, 0.05) is 13.1 Å². The average Bonchev–Trinajstić information content (AvgIpc) is 3.45. The molecule has 0 spiro atoms. The van der Waals surface area contributed by atoms with Crippen LogP contribution in [-0.2, 0) is 4.74 Å². The molecular weight excluding hydrogens is 433 g/mol.